The van der Waals surface area contributed by atoms with E-state index in [4.69, 9.17) is 10.2 Å². The molecular weight excluding hydrogens is 188 g/mol. The number of rotatable bonds is 6. The van der Waals surface area contributed by atoms with E-state index in [1.54, 1.807) is 13.8 Å². The van der Waals surface area contributed by atoms with Crippen LogP contribution in [0.15, 0.2) is 0 Å². The van der Waals surface area contributed by atoms with Gasteiger partial charge in [0.2, 0.25) is 0 Å². The molecule has 5 nitrogen and oxygen atoms in total. The molecule has 0 bridgehead atoms. The van der Waals surface area contributed by atoms with E-state index in [0.717, 1.165) is 0 Å². The van der Waals surface area contributed by atoms with Crippen molar-refractivity contribution in [2.45, 2.75) is 26.7 Å². The van der Waals surface area contributed by atoms with E-state index in [9.17, 15) is 14.4 Å². The molecule has 0 spiro atoms. The lowest BCUT2D eigenvalue weighted by Gasteiger charge is -2.11. The largest absolute Gasteiger partial charge is 0.481 e. The second-order valence-electron chi connectivity index (χ2n) is 3.56. The van der Waals surface area contributed by atoms with Crippen molar-refractivity contribution >= 4 is 17.7 Å². The summed E-state index contributed by atoms with van der Waals surface area (Å²) < 4.78 is 0. The molecule has 0 saturated carbocycles. The highest BCUT2D eigenvalue weighted by atomic mass is 16.4. The van der Waals surface area contributed by atoms with E-state index in [2.05, 4.69) is 0 Å². The summed E-state index contributed by atoms with van der Waals surface area (Å²) in [6, 6.07) is 0. The summed E-state index contributed by atoms with van der Waals surface area (Å²) in [5.41, 5.74) is 0. The van der Waals surface area contributed by atoms with E-state index in [1.165, 1.54) is 0 Å². The minimum Gasteiger partial charge on any atom is -0.481 e. The summed E-state index contributed by atoms with van der Waals surface area (Å²) in [6.07, 6.45) is -0.537. The fraction of sp³-hybridized carbons (Fsp3) is 0.667. The van der Waals surface area contributed by atoms with E-state index in [0.29, 0.717) is 0 Å². The van der Waals surface area contributed by atoms with Gasteiger partial charge in [0.1, 0.15) is 12.3 Å². The van der Waals surface area contributed by atoms with Gasteiger partial charge in [-0.1, -0.05) is 13.8 Å². The Morgan fingerprint density at radius 2 is 1.64 bits per heavy atom. The summed E-state index contributed by atoms with van der Waals surface area (Å²) in [5, 5.41) is 17.0. The van der Waals surface area contributed by atoms with Crippen molar-refractivity contribution in [2.75, 3.05) is 0 Å². The van der Waals surface area contributed by atoms with Crippen molar-refractivity contribution in [3.8, 4) is 0 Å². The maximum atomic E-state index is 11.2. The van der Waals surface area contributed by atoms with E-state index in [1.807, 2.05) is 0 Å². The summed E-state index contributed by atoms with van der Waals surface area (Å²) in [6.45, 7) is 3.56. The highest BCUT2D eigenvalue weighted by molar-refractivity contribution is 6.05. The number of hydrogen-bond acceptors (Lipinski definition) is 3. The van der Waals surface area contributed by atoms with Gasteiger partial charge in [-0.05, 0) is 12.3 Å². The van der Waals surface area contributed by atoms with Crippen LogP contribution in [-0.2, 0) is 14.4 Å². The Kier molecular flexibility index (Phi) is 4.83. The Bertz CT molecular complexity index is 244. The van der Waals surface area contributed by atoms with Crippen LogP contribution < -0.4 is 0 Å². The molecule has 0 aliphatic heterocycles. The van der Waals surface area contributed by atoms with Crippen LogP contribution in [0.4, 0.5) is 0 Å². The van der Waals surface area contributed by atoms with Gasteiger partial charge in [-0.3, -0.25) is 14.4 Å². The highest BCUT2D eigenvalue weighted by Gasteiger charge is 2.28. The Hall–Kier alpha value is -1.39. The zero-order valence-corrected chi connectivity index (χ0v) is 8.19. The number of carbonyl (C=O) groups excluding carboxylic acids is 1. The van der Waals surface area contributed by atoms with Crippen LogP contribution >= 0.6 is 0 Å². The predicted octanol–water partition coefficient (Wildman–Crippen LogP) is 0.777. The van der Waals surface area contributed by atoms with Crippen LogP contribution in [0.3, 0.4) is 0 Å². The lowest BCUT2D eigenvalue weighted by Crippen LogP contribution is -2.27. The molecule has 0 amide bonds. The number of Topliss-reactive ketones (excluding diaryl/α,β-unsaturated/α-hetero) is 1. The second-order valence-corrected chi connectivity index (χ2v) is 3.56. The Balaban J connectivity index is 4.41. The lowest BCUT2D eigenvalue weighted by molar-refractivity contribution is -0.148. The van der Waals surface area contributed by atoms with Crippen LogP contribution in [0.5, 0.6) is 0 Å². The SMILES string of the molecule is CC(C)CC(C(=O)O)C(=O)CC(=O)O. The van der Waals surface area contributed by atoms with Crippen molar-refractivity contribution < 1.29 is 24.6 Å². The number of carbonyl (C=O) groups is 3. The van der Waals surface area contributed by atoms with Gasteiger partial charge in [0.25, 0.3) is 0 Å². The first-order chi connectivity index (χ1) is 6.34. The van der Waals surface area contributed by atoms with Crippen molar-refractivity contribution in [1.82, 2.24) is 0 Å². The van der Waals surface area contributed by atoms with Gasteiger partial charge >= 0.3 is 11.9 Å². The Labute approximate surface area is 81.7 Å². The molecule has 1 unspecified atom stereocenters. The zero-order chi connectivity index (χ0) is 11.3. The minimum atomic E-state index is -1.29. The molecule has 0 aromatic carbocycles. The first-order valence-corrected chi connectivity index (χ1v) is 4.32. The van der Waals surface area contributed by atoms with Crippen LogP contribution in [0.25, 0.3) is 0 Å². The third kappa shape index (κ3) is 4.59. The molecule has 0 aromatic heterocycles. The van der Waals surface area contributed by atoms with E-state index >= 15 is 0 Å². The van der Waals surface area contributed by atoms with Crippen molar-refractivity contribution in [3.05, 3.63) is 0 Å². The Morgan fingerprint density at radius 3 is 1.93 bits per heavy atom. The minimum absolute atomic E-state index is 0.0499. The summed E-state index contributed by atoms with van der Waals surface area (Å²) in [5.74, 6) is -4.41. The number of hydrogen-bond donors (Lipinski definition) is 2. The Morgan fingerprint density at radius 1 is 1.14 bits per heavy atom. The van der Waals surface area contributed by atoms with E-state index < -0.39 is 30.1 Å². The number of carboxylic acids is 2. The average Bonchev–Trinajstić information content (AvgIpc) is 1.97. The summed E-state index contributed by atoms with van der Waals surface area (Å²) in [4.78, 5) is 32.0. The molecule has 0 radical (unpaired) electrons. The van der Waals surface area contributed by atoms with Crippen LogP contribution in [0.1, 0.15) is 26.7 Å². The molecule has 0 aliphatic carbocycles. The van der Waals surface area contributed by atoms with Crippen LogP contribution in [0.2, 0.25) is 0 Å². The number of carboxylic acid groups (broad SMARTS) is 2. The van der Waals surface area contributed by atoms with Gasteiger partial charge in [-0.25, -0.2) is 0 Å². The molecule has 0 aromatic rings. The molecule has 0 fully saturated rings. The molecular formula is C9H14O5. The zero-order valence-electron chi connectivity index (χ0n) is 8.19. The summed E-state index contributed by atoms with van der Waals surface area (Å²) >= 11 is 0. The first kappa shape index (κ1) is 12.6. The topological polar surface area (TPSA) is 91.7 Å². The first-order valence-electron chi connectivity index (χ1n) is 4.32. The van der Waals surface area contributed by atoms with Crippen molar-refractivity contribution in [3.63, 3.8) is 0 Å². The molecule has 14 heavy (non-hydrogen) atoms. The van der Waals surface area contributed by atoms with Gasteiger partial charge in [-0.2, -0.15) is 0 Å². The third-order valence-corrected chi connectivity index (χ3v) is 1.72. The second kappa shape index (κ2) is 5.36. The standard InChI is InChI=1S/C9H14O5/c1-5(2)3-6(9(13)14)7(10)4-8(11)12/h5-6H,3-4H2,1-2H3,(H,11,12)(H,13,14). The van der Waals surface area contributed by atoms with Crippen LogP contribution in [0, 0.1) is 11.8 Å². The van der Waals surface area contributed by atoms with E-state index in [-0.39, 0.29) is 12.3 Å². The van der Waals surface area contributed by atoms with Gasteiger partial charge in [-0.15, -0.1) is 0 Å². The normalized spacial score (nSPS) is 12.5. The molecule has 80 valence electrons. The molecule has 0 rings (SSSR count). The summed E-state index contributed by atoms with van der Waals surface area (Å²) in [7, 11) is 0. The van der Waals surface area contributed by atoms with Crippen LogP contribution in [-0.4, -0.2) is 27.9 Å². The van der Waals surface area contributed by atoms with Crippen molar-refractivity contribution in [1.29, 1.82) is 0 Å². The predicted molar refractivity (Wildman–Crippen MR) is 47.8 cm³/mol. The quantitative estimate of drug-likeness (QED) is 0.621. The monoisotopic (exact) mass is 202 g/mol. The van der Waals surface area contributed by atoms with Gasteiger partial charge in [0.05, 0.1) is 0 Å². The number of ketones is 1. The lowest BCUT2D eigenvalue weighted by atomic mass is 9.92. The number of aliphatic carboxylic acids is 2. The van der Waals surface area contributed by atoms with Gasteiger partial charge in [0, 0.05) is 0 Å². The fourth-order valence-electron chi connectivity index (χ4n) is 1.11. The molecule has 2 N–H and O–H groups in total. The van der Waals surface area contributed by atoms with Crippen molar-refractivity contribution in [2.24, 2.45) is 11.8 Å². The van der Waals surface area contributed by atoms with Gasteiger partial charge < -0.3 is 10.2 Å². The molecule has 1 atom stereocenters. The maximum absolute atomic E-state index is 11.2. The molecule has 0 saturated heterocycles. The highest BCUT2D eigenvalue weighted by Crippen LogP contribution is 2.14. The smallest absolute Gasteiger partial charge is 0.314 e. The third-order valence-electron chi connectivity index (χ3n) is 1.72. The fourth-order valence-corrected chi connectivity index (χ4v) is 1.11. The molecule has 0 heterocycles. The average molecular weight is 202 g/mol. The molecule has 0 aliphatic rings. The maximum Gasteiger partial charge on any atom is 0.314 e. The van der Waals surface area contributed by atoms with Gasteiger partial charge in [0.15, 0.2) is 5.78 Å². The molecule has 5 heteroatoms.